The maximum absolute atomic E-state index is 11.4. The molecule has 0 N–H and O–H groups in total. The zero-order valence-electron chi connectivity index (χ0n) is 11.7. The van der Waals surface area contributed by atoms with E-state index in [1.807, 2.05) is 0 Å². The zero-order valence-corrected chi connectivity index (χ0v) is 13.2. The van der Waals surface area contributed by atoms with Gasteiger partial charge in [0.1, 0.15) is 18.1 Å². The summed E-state index contributed by atoms with van der Waals surface area (Å²) in [7, 11) is -1.62. The van der Waals surface area contributed by atoms with Crippen LogP contribution in [0.1, 0.15) is 5.56 Å². The molecule has 0 aromatic heterocycles. The summed E-state index contributed by atoms with van der Waals surface area (Å²) in [5.74, 6) is 1.26. The van der Waals surface area contributed by atoms with E-state index in [1.165, 1.54) is 18.4 Å². The molecule has 2 rings (SSSR count). The topological polar surface area (TPSA) is 52.6 Å². The highest BCUT2D eigenvalue weighted by molar-refractivity contribution is 7.90. The molecule has 4 nitrogen and oxygen atoms in total. The van der Waals surface area contributed by atoms with Crippen LogP contribution in [0.5, 0.6) is 11.5 Å². The van der Waals surface area contributed by atoms with Crippen molar-refractivity contribution in [3.8, 4) is 11.5 Å². The van der Waals surface area contributed by atoms with Crippen LogP contribution in [-0.4, -0.2) is 21.8 Å². The highest BCUT2D eigenvalue weighted by Gasteiger charge is 2.08. The van der Waals surface area contributed by atoms with Crippen LogP contribution in [0.25, 0.3) is 0 Å². The minimum Gasteiger partial charge on any atom is -0.496 e. The smallest absolute Gasteiger partial charge is 0.175 e. The number of sulfone groups is 1. The monoisotopic (exact) mass is 326 g/mol. The molecule has 2 aromatic carbocycles. The van der Waals surface area contributed by atoms with E-state index >= 15 is 0 Å². The molecule has 0 aliphatic heterocycles. The highest BCUT2D eigenvalue weighted by atomic mass is 35.5. The van der Waals surface area contributed by atoms with Gasteiger partial charge >= 0.3 is 0 Å². The molecule has 0 aliphatic carbocycles. The molecular weight excluding hydrogens is 312 g/mol. The molecule has 21 heavy (non-hydrogen) atoms. The number of rotatable bonds is 5. The van der Waals surface area contributed by atoms with Crippen molar-refractivity contribution in [2.75, 3.05) is 13.4 Å². The van der Waals surface area contributed by atoms with E-state index < -0.39 is 9.84 Å². The molecule has 112 valence electrons. The summed E-state index contributed by atoms with van der Waals surface area (Å²) in [5.41, 5.74) is 0.817. The molecule has 0 radical (unpaired) electrons. The van der Waals surface area contributed by atoms with Gasteiger partial charge in [0, 0.05) is 16.8 Å². The van der Waals surface area contributed by atoms with Gasteiger partial charge in [-0.05, 0) is 42.5 Å². The summed E-state index contributed by atoms with van der Waals surface area (Å²) in [4.78, 5) is 0.259. The van der Waals surface area contributed by atoms with Gasteiger partial charge in [-0.3, -0.25) is 0 Å². The van der Waals surface area contributed by atoms with Gasteiger partial charge in [0.25, 0.3) is 0 Å². The Kier molecular flexibility index (Phi) is 4.75. The van der Waals surface area contributed by atoms with Gasteiger partial charge in [-0.15, -0.1) is 0 Å². The Morgan fingerprint density at radius 3 is 2.33 bits per heavy atom. The molecular formula is C15H15ClO4S. The number of hydrogen-bond acceptors (Lipinski definition) is 4. The van der Waals surface area contributed by atoms with E-state index in [0.29, 0.717) is 16.5 Å². The second-order valence-corrected chi connectivity index (χ2v) is 6.94. The van der Waals surface area contributed by atoms with E-state index in [9.17, 15) is 8.42 Å². The van der Waals surface area contributed by atoms with Crippen molar-refractivity contribution in [2.24, 2.45) is 0 Å². The van der Waals surface area contributed by atoms with Crippen molar-refractivity contribution in [2.45, 2.75) is 11.5 Å². The Hall–Kier alpha value is -1.72. The predicted molar refractivity (Wildman–Crippen MR) is 81.9 cm³/mol. The second kappa shape index (κ2) is 6.37. The lowest BCUT2D eigenvalue weighted by atomic mass is 10.2. The predicted octanol–water partition coefficient (Wildman–Crippen LogP) is 3.33. The van der Waals surface area contributed by atoms with E-state index in [2.05, 4.69) is 0 Å². The van der Waals surface area contributed by atoms with Gasteiger partial charge in [0.2, 0.25) is 0 Å². The average Bonchev–Trinajstić information content (AvgIpc) is 2.45. The van der Waals surface area contributed by atoms with Gasteiger partial charge in [-0.25, -0.2) is 8.42 Å². The summed E-state index contributed by atoms with van der Waals surface area (Å²) >= 11 is 5.95. The SMILES string of the molecule is COc1ccc(Cl)cc1COc1ccc(S(C)(=O)=O)cc1. The van der Waals surface area contributed by atoms with Crippen molar-refractivity contribution in [3.63, 3.8) is 0 Å². The van der Waals surface area contributed by atoms with Crippen LogP contribution >= 0.6 is 11.6 Å². The summed E-state index contributed by atoms with van der Waals surface area (Å²) in [5, 5.41) is 0.599. The lowest BCUT2D eigenvalue weighted by Crippen LogP contribution is -2.00. The molecule has 0 spiro atoms. The van der Waals surface area contributed by atoms with Crippen LogP contribution in [-0.2, 0) is 16.4 Å². The molecule has 0 heterocycles. The molecule has 0 bridgehead atoms. The Balaban J connectivity index is 2.12. The van der Waals surface area contributed by atoms with Crippen molar-refractivity contribution in [3.05, 3.63) is 53.1 Å². The van der Waals surface area contributed by atoms with Gasteiger partial charge < -0.3 is 9.47 Å². The van der Waals surface area contributed by atoms with Crippen LogP contribution < -0.4 is 9.47 Å². The third-order valence-corrected chi connectivity index (χ3v) is 4.25. The summed E-state index contributed by atoms with van der Waals surface area (Å²) in [6, 6.07) is 11.5. The van der Waals surface area contributed by atoms with Crippen LogP contribution in [0, 0.1) is 0 Å². The van der Waals surface area contributed by atoms with Crippen LogP contribution in [0.15, 0.2) is 47.4 Å². The first-order valence-corrected chi connectivity index (χ1v) is 8.42. The fraction of sp³-hybridized carbons (Fsp3) is 0.200. The summed E-state index contributed by atoms with van der Waals surface area (Å²) < 4.78 is 33.6. The van der Waals surface area contributed by atoms with Crippen LogP contribution in [0.3, 0.4) is 0 Å². The molecule has 0 saturated carbocycles. The highest BCUT2D eigenvalue weighted by Crippen LogP contribution is 2.24. The minimum atomic E-state index is -3.20. The third-order valence-electron chi connectivity index (χ3n) is 2.89. The normalized spacial score (nSPS) is 11.2. The number of benzene rings is 2. The van der Waals surface area contributed by atoms with Gasteiger partial charge in [0.15, 0.2) is 9.84 Å². The van der Waals surface area contributed by atoms with Crippen LogP contribution in [0.4, 0.5) is 0 Å². The lowest BCUT2D eigenvalue weighted by Gasteiger charge is -2.11. The first-order chi connectivity index (χ1) is 9.90. The van der Waals surface area contributed by atoms with Crippen LogP contribution in [0.2, 0.25) is 5.02 Å². The fourth-order valence-electron chi connectivity index (χ4n) is 1.80. The maximum Gasteiger partial charge on any atom is 0.175 e. The molecule has 0 aliphatic rings. The Bertz CT molecular complexity index is 724. The lowest BCUT2D eigenvalue weighted by molar-refractivity contribution is 0.296. The first kappa shape index (κ1) is 15.7. The van der Waals surface area contributed by atoms with Crippen molar-refractivity contribution in [1.29, 1.82) is 0 Å². The zero-order chi connectivity index (χ0) is 15.5. The van der Waals surface area contributed by atoms with Crippen molar-refractivity contribution in [1.82, 2.24) is 0 Å². The maximum atomic E-state index is 11.4. The summed E-state index contributed by atoms with van der Waals surface area (Å²) in [6.45, 7) is 0.280. The Morgan fingerprint density at radius 1 is 1.10 bits per heavy atom. The van der Waals surface area contributed by atoms with Crippen molar-refractivity contribution < 1.29 is 17.9 Å². The largest absolute Gasteiger partial charge is 0.496 e. The number of ether oxygens (including phenoxy) is 2. The molecule has 0 amide bonds. The minimum absolute atomic E-state index is 0.259. The van der Waals surface area contributed by atoms with Gasteiger partial charge in [-0.1, -0.05) is 11.6 Å². The molecule has 0 fully saturated rings. The standard InChI is InChI=1S/C15H15ClO4S/c1-19-15-8-3-12(16)9-11(15)10-20-13-4-6-14(7-5-13)21(2,17)18/h3-9H,10H2,1-2H3. The fourth-order valence-corrected chi connectivity index (χ4v) is 2.63. The summed E-state index contributed by atoms with van der Waals surface area (Å²) in [6.07, 6.45) is 1.17. The second-order valence-electron chi connectivity index (χ2n) is 4.49. The quantitative estimate of drug-likeness (QED) is 0.845. The molecule has 6 heteroatoms. The molecule has 0 atom stereocenters. The van der Waals surface area contributed by atoms with Gasteiger partial charge in [0.05, 0.1) is 12.0 Å². The van der Waals surface area contributed by atoms with E-state index in [4.69, 9.17) is 21.1 Å². The van der Waals surface area contributed by atoms with Crippen molar-refractivity contribution >= 4 is 21.4 Å². The molecule has 0 unspecified atom stereocenters. The van der Waals surface area contributed by atoms with E-state index in [-0.39, 0.29) is 11.5 Å². The molecule has 2 aromatic rings. The van der Waals surface area contributed by atoms with Gasteiger partial charge in [-0.2, -0.15) is 0 Å². The number of halogens is 1. The van der Waals surface area contributed by atoms with E-state index in [1.54, 1.807) is 37.4 Å². The van der Waals surface area contributed by atoms with E-state index in [0.717, 1.165) is 5.56 Å². The average molecular weight is 327 g/mol. The molecule has 0 saturated heterocycles. The Morgan fingerprint density at radius 2 is 1.76 bits per heavy atom. The number of hydrogen-bond donors (Lipinski definition) is 0. The third kappa shape index (κ3) is 4.12. The first-order valence-electron chi connectivity index (χ1n) is 6.15. The number of methoxy groups -OCH3 is 1. The Labute approximate surface area is 129 Å².